The van der Waals surface area contributed by atoms with Crippen LogP contribution in [0, 0.1) is 0 Å². The Bertz CT molecular complexity index is 1250. The summed E-state index contributed by atoms with van der Waals surface area (Å²) in [4.78, 5) is 17.2. The zero-order valence-corrected chi connectivity index (χ0v) is 22.2. The van der Waals surface area contributed by atoms with Gasteiger partial charge in [0.25, 0.3) is 5.91 Å². The van der Waals surface area contributed by atoms with E-state index in [0.717, 1.165) is 16.4 Å². The van der Waals surface area contributed by atoms with Gasteiger partial charge in [0.05, 0.1) is 4.90 Å². The average Bonchev–Trinajstić information content (AvgIpc) is 3.25. The van der Waals surface area contributed by atoms with E-state index in [2.05, 4.69) is 25.6 Å². The van der Waals surface area contributed by atoms with Crippen molar-refractivity contribution in [3.05, 3.63) is 71.2 Å². The molecular formula is C22H25BrN4O5S2. The van der Waals surface area contributed by atoms with Crippen LogP contribution in [-0.4, -0.2) is 45.8 Å². The third kappa shape index (κ3) is 5.81. The summed E-state index contributed by atoms with van der Waals surface area (Å²) in [5, 5.41) is 10.1. The fourth-order valence-electron chi connectivity index (χ4n) is 3.37. The lowest BCUT2D eigenvalue weighted by Crippen LogP contribution is -2.56. The first-order chi connectivity index (χ1) is 16.0. The number of carbonyl (C=O) groups is 1. The minimum absolute atomic E-state index is 0.0577. The van der Waals surface area contributed by atoms with Crippen LogP contribution in [0.4, 0.5) is 0 Å². The zero-order valence-electron chi connectivity index (χ0n) is 19.0. The highest BCUT2D eigenvalue weighted by Crippen LogP contribution is 2.30. The maximum atomic E-state index is 13.2. The molecule has 1 atom stereocenters. The lowest BCUT2D eigenvalue weighted by atomic mass is 9.83. The molecule has 0 saturated heterocycles. The molecule has 9 nitrogen and oxygen atoms in total. The Labute approximate surface area is 211 Å². The predicted octanol–water partition coefficient (Wildman–Crippen LogP) is 4.10. The number of aromatic nitrogens is 2. The number of nitrogens with zero attached hydrogens (tertiary/aromatic N) is 3. The molecule has 0 saturated carbocycles. The second kappa shape index (κ2) is 10.5. The Morgan fingerprint density at radius 3 is 2.24 bits per heavy atom. The summed E-state index contributed by atoms with van der Waals surface area (Å²) in [6, 6.07) is 11.7. The topological polar surface area (TPSA) is 114 Å². The molecule has 0 radical (unpaired) electrons. The highest BCUT2D eigenvalue weighted by molar-refractivity contribution is 9.10. The molecule has 0 unspecified atom stereocenters. The molecule has 12 heteroatoms. The fourth-order valence-corrected chi connectivity index (χ4v) is 5.26. The van der Waals surface area contributed by atoms with Crippen molar-refractivity contribution in [2.75, 3.05) is 6.26 Å². The zero-order chi connectivity index (χ0) is 25.1. The summed E-state index contributed by atoms with van der Waals surface area (Å²) in [5.41, 5.74) is -1.09. The van der Waals surface area contributed by atoms with E-state index < -0.39 is 27.4 Å². The summed E-state index contributed by atoms with van der Waals surface area (Å²) in [5.74, 6) is 0.700. The van der Waals surface area contributed by atoms with Crippen molar-refractivity contribution >= 4 is 43.8 Å². The molecule has 1 amide bonds. The molecule has 3 aromatic rings. The molecular weight excluding hydrogens is 544 g/mol. The molecule has 0 spiro atoms. The number of hydrogen-bond acceptors (Lipinski definition) is 7. The van der Waals surface area contributed by atoms with Gasteiger partial charge >= 0.3 is 0 Å². The molecule has 0 aliphatic rings. The van der Waals surface area contributed by atoms with E-state index in [1.54, 1.807) is 50.0 Å². The van der Waals surface area contributed by atoms with Crippen molar-refractivity contribution in [2.24, 2.45) is 7.05 Å². The van der Waals surface area contributed by atoms with E-state index in [1.165, 1.54) is 30.5 Å². The van der Waals surface area contributed by atoms with Gasteiger partial charge in [0, 0.05) is 35.6 Å². The van der Waals surface area contributed by atoms with Gasteiger partial charge in [-0.2, -0.15) is 9.19 Å². The SMILES string of the molecule is CSN(O)C(=O)[C@@H](NS(=O)(=O)c1ccc(Oc2ccc(Br)cc2)cc1)C(C)(C)c1nccn1C. The monoisotopic (exact) mass is 568 g/mol. The minimum Gasteiger partial charge on any atom is -0.457 e. The van der Waals surface area contributed by atoms with Gasteiger partial charge in [0.1, 0.15) is 23.4 Å². The van der Waals surface area contributed by atoms with Gasteiger partial charge in [0.15, 0.2) is 0 Å². The second-order valence-corrected chi connectivity index (χ2v) is 11.3. The van der Waals surface area contributed by atoms with Crippen molar-refractivity contribution in [1.29, 1.82) is 0 Å². The Kier molecular flexibility index (Phi) is 8.09. The lowest BCUT2D eigenvalue weighted by Gasteiger charge is -2.34. The van der Waals surface area contributed by atoms with Crippen molar-refractivity contribution < 1.29 is 23.2 Å². The van der Waals surface area contributed by atoms with Crippen LogP contribution in [0.5, 0.6) is 11.5 Å². The average molecular weight is 570 g/mol. The van der Waals surface area contributed by atoms with Gasteiger partial charge in [-0.15, -0.1) is 0 Å². The van der Waals surface area contributed by atoms with Gasteiger partial charge in [-0.05, 0) is 60.5 Å². The summed E-state index contributed by atoms with van der Waals surface area (Å²) in [7, 11) is -2.40. The maximum absolute atomic E-state index is 13.2. The van der Waals surface area contributed by atoms with Crippen LogP contribution >= 0.6 is 27.9 Å². The van der Waals surface area contributed by atoms with Gasteiger partial charge in [-0.3, -0.25) is 10.0 Å². The molecule has 3 rings (SSSR count). The molecule has 182 valence electrons. The second-order valence-electron chi connectivity index (χ2n) is 7.96. The summed E-state index contributed by atoms with van der Waals surface area (Å²) >= 11 is 4.12. The number of benzene rings is 2. The number of imidazole rings is 1. The van der Waals surface area contributed by atoms with Crippen molar-refractivity contribution in [1.82, 2.24) is 18.7 Å². The number of rotatable bonds is 9. The van der Waals surface area contributed by atoms with Crippen molar-refractivity contribution in [3.63, 3.8) is 0 Å². The standard InChI is InChI=1S/C22H25BrN4O5S2/c1-22(2,21-24-13-14-26(21)3)19(20(28)27(29)33-4)25-34(30,31)18-11-9-17(10-12-18)32-16-7-5-15(23)6-8-16/h5-14,19,25,29H,1-4H3/t19-/m1/s1. The number of carbonyl (C=O) groups excluding carboxylic acids is 1. The molecule has 0 bridgehead atoms. The van der Waals surface area contributed by atoms with Gasteiger partial charge in [-0.25, -0.2) is 13.4 Å². The normalized spacial score (nSPS) is 12.9. The van der Waals surface area contributed by atoms with Crippen LogP contribution in [0.3, 0.4) is 0 Å². The number of nitrogens with one attached hydrogen (secondary N) is 1. The Balaban J connectivity index is 1.88. The van der Waals surface area contributed by atoms with Gasteiger partial charge < -0.3 is 9.30 Å². The molecule has 1 aromatic heterocycles. The first kappa shape index (κ1) is 26.2. The summed E-state index contributed by atoms with van der Waals surface area (Å²) in [6.07, 6.45) is 4.76. The Morgan fingerprint density at radius 1 is 1.18 bits per heavy atom. The van der Waals surface area contributed by atoms with Crippen LogP contribution in [0.15, 0.2) is 70.3 Å². The van der Waals surface area contributed by atoms with E-state index in [-0.39, 0.29) is 4.90 Å². The highest BCUT2D eigenvalue weighted by atomic mass is 79.9. The third-order valence-corrected chi connectivity index (χ3v) is 7.68. The third-order valence-electron chi connectivity index (χ3n) is 5.18. The van der Waals surface area contributed by atoms with Crippen LogP contribution in [-0.2, 0) is 27.3 Å². The van der Waals surface area contributed by atoms with E-state index >= 15 is 0 Å². The van der Waals surface area contributed by atoms with Crippen molar-refractivity contribution in [2.45, 2.75) is 30.2 Å². The van der Waals surface area contributed by atoms with Crippen LogP contribution in [0.25, 0.3) is 0 Å². The number of hydroxylamine groups is 1. The molecule has 0 aliphatic carbocycles. The van der Waals surface area contributed by atoms with Crippen LogP contribution < -0.4 is 9.46 Å². The number of amides is 1. The molecule has 0 aliphatic heterocycles. The summed E-state index contributed by atoms with van der Waals surface area (Å²) < 4.78 is 37.7. The van der Waals surface area contributed by atoms with Crippen molar-refractivity contribution in [3.8, 4) is 11.5 Å². The first-order valence-corrected chi connectivity index (χ1v) is 13.5. The van der Waals surface area contributed by atoms with E-state index in [0.29, 0.717) is 21.8 Å². The molecule has 2 aromatic carbocycles. The highest BCUT2D eigenvalue weighted by Gasteiger charge is 2.44. The number of sulfonamides is 1. The lowest BCUT2D eigenvalue weighted by molar-refractivity contribution is -0.148. The Morgan fingerprint density at radius 2 is 1.74 bits per heavy atom. The number of halogens is 1. The summed E-state index contributed by atoms with van der Waals surface area (Å²) in [6.45, 7) is 3.37. The molecule has 34 heavy (non-hydrogen) atoms. The molecule has 1 heterocycles. The predicted molar refractivity (Wildman–Crippen MR) is 133 cm³/mol. The minimum atomic E-state index is -4.15. The van der Waals surface area contributed by atoms with E-state index in [9.17, 15) is 18.4 Å². The maximum Gasteiger partial charge on any atom is 0.275 e. The fraction of sp³-hybridized carbons (Fsp3) is 0.273. The first-order valence-electron chi connectivity index (χ1n) is 10.1. The van der Waals surface area contributed by atoms with Crippen LogP contribution in [0.2, 0.25) is 0 Å². The molecule has 0 fully saturated rings. The van der Waals surface area contributed by atoms with E-state index in [1.807, 2.05) is 12.1 Å². The Hall–Kier alpha value is -2.38. The van der Waals surface area contributed by atoms with Crippen LogP contribution in [0.1, 0.15) is 19.7 Å². The number of hydrogen-bond donors (Lipinski definition) is 2. The number of aryl methyl sites for hydroxylation is 1. The van der Waals surface area contributed by atoms with E-state index in [4.69, 9.17) is 4.74 Å². The number of ether oxygens (including phenoxy) is 1. The quantitative estimate of drug-likeness (QED) is 0.227. The van der Waals surface area contributed by atoms with Gasteiger partial charge in [-0.1, -0.05) is 29.8 Å². The smallest absolute Gasteiger partial charge is 0.275 e. The largest absolute Gasteiger partial charge is 0.457 e. The molecule has 2 N–H and O–H groups in total. The van der Waals surface area contributed by atoms with Gasteiger partial charge in [0.2, 0.25) is 10.0 Å².